The first-order chi connectivity index (χ1) is 22.6. The number of H-pyrrole nitrogens is 1. The Hall–Kier alpha value is -4.27. The number of carbonyl (C=O) groups is 1. The Bertz CT molecular complexity index is 1890. The van der Waals surface area contributed by atoms with E-state index in [9.17, 15) is 4.79 Å². The number of nitrogens with one attached hydrogen (secondary N) is 1. The number of hydrogen-bond acceptors (Lipinski definition) is 5. The molecule has 0 bridgehead atoms. The maximum Gasteiger partial charge on any atom is 0.355 e. The predicted octanol–water partition coefficient (Wildman–Crippen LogP) is 8.01. The van der Waals surface area contributed by atoms with Gasteiger partial charge in [-0.2, -0.15) is 5.10 Å². The van der Waals surface area contributed by atoms with Gasteiger partial charge in [0, 0.05) is 29.7 Å². The number of hydrogen-bond donors (Lipinski definition) is 1. The summed E-state index contributed by atoms with van der Waals surface area (Å²) in [4.78, 5) is 13.9. The quantitative estimate of drug-likeness (QED) is 0.140. The number of halogens is 1. The van der Waals surface area contributed by atoms with E-state index in [1.165, 1.54) is 17.2 Å². The summed E-state index contributed by atoms with van der Waals surface area (Å²) < 4.78 is 36.5. The summed E-state index contributed by atoms with van der Waals surface area (Å²) in [5, 5.41) is 8.52. The van der Waals surface area contributed by atoms with Crippen LogP contribution >= 0.6 is 0 Å². The standard InChI is InChI=1S/C38H40FN3O4/c1-3-31-35-32(41-40-31)23-44-22-26-13-6-5-12-25(26)21-42-36-29(18-19-30(39)34(35)36)28(37(42)38(43)45-4-2)16-10-20-46-33-17-9-14-24-11-7-8-15-27(24)33/h5-8,11-13,15,18-19,33H,3-4,9-10,14,16-17,20-23H2,1-2H3,(H,40,41). The van der Waals surface area contributed by atoms with Crippen molar-refractivity contribution in [3.05, 3.63) is 111 Å². The molecule has 1 atom stereocenters. The molecule has 3 aromatic carbocycles. The minimum absolute atomic E-state index is 0.0766. The Labute approximate surface area is 268 Å². The number of nitrogens with zero attached hydrogens (tertiary/aromatic N) is 2. The van der Waals surface area contributed by atoms with Gasteiger partial charge in [-0.25, -0.2) is 9.18 Å². The number of rotatable bonds is 8. The van der Waals surface area contributed by atoms with Gasteiger partial charge in [-0.05, 0) is 85.4 Å². The molecule has 8 heteroatoms. The SMILES string of the molecule is CCOC(=O)c1c(CCCOC2CCCc3ccccc32)c2ccc(F)c3c2n1Cc1ccccc1COCc1[nH]nc(CC)c1-3. The highest BCUT2D eigenvalue weighted by Gasteiger charge is 2.30. The van der Waals surface area contributed by atoms with Gasteiger partial charge in [-0.1, -0.05) is 55.5 Å². The van der Waals surface area contributed by atoms with Gasteiger partial charge in [0.2, 0.25) is 0 Å². The first-order valence-corrected chi connectivity index (χ1v) is 16.5. The van der Waals surface area contributed by atoms with Crippen molar-refractivity contribution in [2.24, 2.45) is 0 Å². The zero-order chi connectivity index (χ0) is 31.6. The number of fused-ring (bicyclic) bond motifs is 4. The zero-order valence-electron chi connectivity index (χ0n) is 26.5. The molecule has 2 aromatic heterocycles. The number of esters is 1. The average molecular weight is 622 g/mol. The molecule has 1 unspecified atom stereocenters. The number of aromatic nitrogens is 3. The third-order valence-corrected chi connectivity index (χ3v) is 9.40. The summed E-state index contributed by atoms with van der Waals surface area (Å²) in [6.07, 6.45) is 5.18. The fraction of sp³-hybridized carbons (Fsp3) is 0.368. The third kappa shape index (κ3) is 5.54. The van der Waals surface area contributed by atoms with Crippen molar-refractivity contribution in [2.45, 2.75) is 78.2 Å². The van der Waals surface area contributed by atoms with Gasteiger partial charge in [0.1, 0.15) is 11.5 Å². The Balaban J connectivity index is 1.35. The first-order valence-electron chi connectivity index (χ1n) is 16.5. The molecule has 0 amide bonds. The molecular weight excluding hydrogens is 581 g/mol. The lowest BCUT2D eigenvalue weighted by Gasteiger charge is -2.25. The lowest BCUT2D eigenvalue weighted by molar-refractivity contribution is 0.0391. The molecule has 0 fully saturated rings. The van der Waals surface area contributed by atoms with Gasteiger partial charge in [0.25, 0.3) is 0 Å². The summed E-state index contributed by atoms with van der Waals surface area (Å²) in [7, 11) is 0. The van der Waals surface area contributed by atoms with Crippen LogP contribution in [0.4, 0.5) is 4.39 Å². The highest BCUT2D eigenvalue weighted by atomic mass is 19.1. The van der Waals surface area contributed by atoms with E-state index in [0.29, 0.717) is 61.4 Å². The molecular formula is C38H40FN3O4. The van der Waals surface area contributed by atoms with Crippen LogP contribution in [-0.2, 0) is 53.2 Å². The smallest absolute Gasteiger partial charge is 0.355 e. The molecule has 3 heterocycles. The Morgan fingerprint density at radius 2 is 1.83 bits per heavy atom. The van der Waals surface area contributed by atoms with Crippen LogP contribution in [0.1, 0.15) is 88.9 Å². The lowest BCUT2D eigenvalue weighted by atomic mass is 9.89. The molecule has 5 aromatic rings. The zero-order valence-corrected chi connectivity index (χ0v) is 26.5. The molecule has 0 saturated heterocycles. The summed E-state index contributed by atoms with van der Waals surface area (Å²) in [6, 6.07) is 19.9. The van der Waals surface area contributed by atoms with Gasteiger partial charge in [0.15, 0.2) is 0 Å². The van der Waals surface area contributed by atoms with E-state index in [0.717, 1.165) is 52.7 Å². The molecule has 7 rings (SSSR count). The second kappa shape index (κ2) is 13.2. The monoisotopic (exact) mass is 621 g/mol. The summed E-state index contributed by atoms with van der Waals surface area (Å²) in [5.74, 6) is -0.772. The molecule has 1 N–H and O–H groups in total. The van der Waals surface area contributed by atoms with E-state index >= 15 is 4.39 Å². The van der Waals surface area contributed by atoms with Crippen LogP contribution < -0.4 is 0 Å². The van der Waals surface area contributed by atoms with Crippen molar-refractivity contribution in [1.82, 2.24) is 14.8 Å². The normalized spacial score (nSPS) is 15.9. The number of carbonyl (C=O) groups excluding carboxylic acids is 1. The second-order valence-corrected chi connectivity index (χ2v) is 12.1. The summed E-state index contributed by atoms with van der Waals surface area (Å²) in [6.45, 7) is 5.61. The molecule has 46 heavy (non-hydrogen) atoms. The predicted molar refractivity (Wildman–Crippen MR) is 175 cm³/mol. The van der Waals surface area contributed by atoms with Crippen molar-refractivity contribution in [2.75, 3.05) is 13.2 Å². The van der Waals surface area contributed by atoms with Crippen LogP contribution in [0.3, 0.4) is 0 Å². The van der Waals surface area contributed by atoms with Crippen molar-refractivity contribution >= 4 is 16.9 Å². The van der Waals surface area contributed by atoms with E-state index in [4.69, 9.17) is 14.2 Å². The van der Waals surface area contributed by atoms with Crippen LogP contribution in [-0.4, -0.2) is 33.9 Å². The molecule has 0 radical (unpaired) electrons. The Morgan fingerprint density at radius 1 is 1.02 bits per heavy atom. The third-order valence-electron chi connectivity index (χ3n) is 9.40. The first kappa shape index (κ1) is 30.4. The van der Waals surface area contributed by atoms with Gasteiger partial charge in [-0.3, -0.25) is 5.10 Å². The van der Waals surface area contributed by atoms with Crippen molar-refractivity contribution in [3.8, 4) is 11.1 Å². The van der Waals surface area contributed by atoms with E-state index in [-0.39, 0.29) is 25.1 Å². The van der Waals surface area contributed by atoms with Crippen molar-refractivity contribution < 1.29 is 23.4 Å². The largest absolute Gasteiger partial charge is 0.461 e. The van der Waals surface area contributed by atoms with Gasteiger partial charge >= 0.3 is 5.97 Å². The lowest BCUT2D eigenvalue weighted by Crippen LogP contribution is -2.16. The van der Waals surface area contributed by atoms with Gasteiger partial charge < -0.3 is 18.8 Å². The minimum Gasteiger partial charge on any atom is -0.461 e. The highest BCUT2D eigenvalue weighted by Crippen LogP contribution is 2.41. The highest BCUT2D eigenvalue weighted by molar-refractivity contribution is 6.05. The molecule has 7 nitrogen and oxygen atoms in total. The van der Waals surface area contributed by atoms with Gasteiger partial charge in [0.05, 0.1) is 42.8 Å². The molecule has 1 aliphatic heterocycles. The number of ether oxygens (including phenoxy) is 3. The molecule has 1 aliphatic carbocycles. The van der Waals surface area contributed by atoms with Crippen molar-refractivity contribution in [3.63, 3.8) is 0 Å². The van der Waals surface area contributed by atoms with Gasteiger partial charge in [-0.15, -0.1) is 0 Å². The fourth-order valence-corrected chi connectivity index (χ4v) is 7.29. The second-order valence-electron chi connectivity index (χ2n) is 12.1. The van der Waals surface area contributed by atoms with Crippen LogP contribution in [0.15, 0.2) is 60.7 Å². The van der Waals surface area contributed by atoms with Crippen LogP contribution in [0.2, 0.25) is 0 Å². The Kier molecular flexibility index (Phi) is 8.73. The number of aryl methyl sites for hydroxylation is 3. The molecule has 0 spiro atoms. The van der Waals surface area contributed by atoms with E-state index in [2.05, 4.69) is 34.5 Å². The summed E-state index contributed by atoms with van der Waals surface area (Å²) >= 11 is 0. The van der Waals surface area contributed by atoms with Crippen LogP contribution in [0.25, 0.3) is 22.0 Å². The summed E-state index contributed by atoms with van der Waals surface area (Å²) in [5.41, 5.74) is 9.28. The number of aromatic amines is 1. The topological polar surface area (TPSA) is 78.4 Å². The van der Waals surface area contributed by atoms with Crippen LogP contribution in [0.5, 0.6) is 0 Å². The van der Waals surface area contributed by atoms with E-state index < -0.39 is 5.97 Å². The van der Waals surface area contributed by atoms with Crippen molar-refractivity contribution in [1.29, 1.82) is 0 Å². The molecule has 238 valence electrons. The molecule has 2 aliphatic rings. The molecule has 0 saturated carbocycles. The van der Waals surface area contributed by atoms with E-state index in [1.54, 1.807) is 0 Å². The number of benzene rings is 3. The average Bonchev–Trinajstić information content (AvgIpc) is 3.61. The maximum absolute atomic E-state index is 16.2. The minimum atomic E-state index is -0.408. The van der Waals surface area contributed by atoms with Crippen LogP contribution in [0, 0.1) is 5.82 Å². The van der Waals surface area contributed by atoms with E-state index in [1.807, 2.05) is 48.7 Å². The fourth-order valence-electron chi connectivity index (χ4n) is 7.29. The maximum atomic E-state index is 16.2. The Morgan fingerprint density at radius 3 is 2.65 bits per heavy atom.